The van der Waals surface area contributed by atoms with Crippen molar-refractivity contribution in [3.05, 3.63) is 24.3 Å². The summed E-state index contributed by atoms with van der Waals surface area (Å²) in [6.07, 6.45) is 2.54. The highest BCUT2D eigenvalue weighted by molar-refractivity contribution is 8.01. The van der Waals surface area contributed by atoms with Gasteiger partial charge in [-0.3, -0.25) is 4.79 Å². The van der Waals surface area contributed by atoms with Gasteiger partial charge in [0.25, 0.3) is 0 Å². The summed E-state index contributed by atoms with van der Waals surface area (Å²) in [5.74, 6) is -0.182. The number of rotatable bonds is 5. The maximum absolute atomic E-state index is 12.5. The molecule has 1 amide bonds. The van der Waals surface area contributed by atoms with Crippen LogP contribution in [0, 0.1) is 0 Å². The van der Waals surface area contributed by atoms with Gasteiger partial charge >= 0.3 is 6.36 Å². The highest BCUT2D eigenvalue weighted by Crippen LogP contribution is 2.52. The normalized spacial score (nSPS) is 20.5. The van der Waals surface area contributed by atoms with E-state index >= 15 is 0 Å². The molecule has 2 fully saturated rings. The number of nitrogens with one attached hydrogen (secondary N) is 1. The van der Waals surface area contributed by atoms with Crippen LogP contribution in [0.4, 0.5) is 13.2 Å². The van der Waals surface area contributed by atoms with E-state index in [4.69, 9.17) is 0 Å². The van der Waals surface area contributed by atoms with Crippen molar-refractivity contribution >= 4 is 17.7 Å². The van der Waals surface area contributed by atoms with Gasteiger partial charge in [-0.15, -0.1) is 24.9 Å². The van der Waals surface area contributed by atoms with Gasteiger partial charge in [0, 0.05) is 10.9 Å². The first-order valence-electron chi connectivity index (χ1n) is 8.22. The van der Waals surface area contributed by atoms with E-state index in [0.29, 0.717) is 0 Å². The van der Waals surface area contributed by atoms with Crippen molar-refractivity contribution in [2.45, 2.75) is 67.0 Å². The third kappa shape index (κ3) is 4.59. The molecule has 1 aromatic rings. The molecular formula is C17H20F3NO2S. The monoisotopic (exact) mass is 359 g/mol. The first kappa shape index (κ1) is 17.5. The molecule has 1 aromatic carbocycles. The van der Waals surface area contributed by atoms with E-state index in [2.05, 4.69) is 10.1 Å². The average Bonchev–Trinajstić information content (AvgIpc) is 3.30. The highest BCUT2D eigenvalue weighted by atomic mass is 32.2. The zero-order valence-electron chi connectivity index (χ0n) is 13.2. The Kier molecular flexibility index (Phi) is 4.99. The predicted molar refractivity (Wildman–Crippen MR) is 86.0 cm³/mol. The Morgan fingerprint density at radius 1 is 1.12 bits per heavy atom. The third-order valence-corrected chi connectivity index (χ3v) is 5.92. The lowest BCUT2D eigenvalue weighted by molar-refractivity contribution is -0.274. The molecule has 0 unspecified atom stereocenters. The van der Waals surface area contributed by atoms with Crippen molar-refractivity contribution < 1.29 is 22.7 Å². The summed E-state index contributed by atoms with van der Waals surface area (Å²) in [6.45, 7) is 0. The van der Waals surface area contributed by atoms with E-state index in [1.54, 1.807) is 12.1 Å². The van der Waals surface area contributed by atoms with Gasteiger partial charge in [-0.05, 0) is 49.9 Å². The molecule has 2 aliphatic rings. The molecule has 3 nitrogen and oxygen atoms in total. The van der Waals surface area contributed by atoms with Crippen LogP contribution in [0.3, 0.4) is 0 Å². The fourth-order valence-corrected chi connectivity index (χ4v) is 4.17. The predicted octanol–water partition coefficient (Wildman–Crippen LogP) is 4.66. The molecule has 2 aliphatic carbocycles. The molecule has 0 spiro atoms. The van der Waals surface area contributed by atoms with Crippen molar-refractivity contribution in [2.75, 3.05) is 0 Å². The zero-order valence-corrected chi connectivity index (χ0v) is 14.0. The van der Waals surface area contributed by atoms with Gasteiger partial charge in [0.1, 0.15) is 5.75 Å². The summed E-state index contributed by atoms with van der Waals surface area (Å²) in [4.78, 5) is 13.3. The van der Waals surface area contributed by atoms with E-state index in [9.17, 15) is 18.0 Å². The zero-order chi connectivity index (χ0) is 17.2. The summed E-state index contributed by atoms with van der Waals surface area (Å²) in [5, 5.41) is 3.15. The molecule has 0 aromatic heterocycles. The topological polar surface area (TPSA) is 38.3 Å². The number of alkyl halides is 3. The second kappa shape index (κ2) is 6.86. The smallest absolute Gasteiger partial charge is 0.406 e. The quantitative estimate of drug-likeness (QED) is 0.831. The second-order valence-corrected chi connectivity index (χ2v) is 7.88. The molecule has 2 saturated carbocycles. The van der Waals surface area contributed by atoms with Gasteiger partial charge in [0.2, 0.25) is 5.91 Å². The van der Waals surface area contributed by atoms with Crippen molar-refractivity contribution in [2.24, 2.45) is 0 Å². The molecule has 0 saturated heterocycles. The number of halogens is 3. The molecular weight excluding hydrogens is 339 g/mol. The number of amides is 1. The number of hydrogen-bond donors (Lipinski definition) is 1. The van der Waals surface area contributed by atoms with E-state index in [1.165, 1.54) is 30.3 Å². The minimum atomic E-state index is -4.69. The molecule has 1 N–H and O–H groups in total. The number of benzene rings is 1. The van der Waals surface area contributed by atoms with Crippen LogP contribution in [0.5, 0.6) is 5.75 Å². The number of hydrogen-bond acceptors (Lipinski definition) is 3. The second-order valence-electron chi connectivity index (χ2n) is 6.42. The standard InChI is InChI=1S/C17H20F3NO2S/c18-17(19,20)23-13-6-8-14(9-7-13)24-16(10-11-16)15(22)21-12-4-2-1-3-5-12/h6-9,12H,1-5,10-11H2,(H,21,22). The van der Waals surface area contributed by atoms with E-state index in [1.807, 2.05) is 0 Å². The van der Waals surface area contributed by atoms with Gasteiger partial charge in [-0.1, -0.05) is 19.3 Å². The minimum Gasteiger partial charge on any atom is -0.406 e. The maximum atomic E-state index is 12.5. The van der Waals surface area contributed by atoms with Crippen LogP contribution in [-0.2, 0) is 4.79 Å². The first-order chi connectivity index (χ1) is 11.4. The van der Waals surface area contributed by atoms with Crippen LogP contribution in [0.15, 0.2) is 29.2 Å². The molecule has 0 bridgehead atoms. The summed E-state index contributed by atoms with van der Waals surface area (Å²) in [6, 6.07) is 5.97. The van der Waals surface area contributed by atoms with Crippen molar-refractivity contribution in [1.29, 1.82) is 0 Å². The fourth-order valence-electron chi connectivity index (χ4n) is 2.99. The summed E-state index contributed by atoms with van der Waals surface area (Å²) in [7, 11) is 0. The Morgan fingerprint density at radius 3 is 2.29 bits per heavy atom. The Morgan fingerprint density at radius 2 is 1.75 bits per heavy atom. The average molecular weight is 359 g/mol. The molecule has 0 radical (unpaired) electrons. The molecule has 0 atom stereocenters. The maximum Gasteiger partial charge on any atom is 0.573 e. The minimum absolute atomic E-state index is 0.0648. The largest absolute Gasteiger partial charge is 0.573 e. The van der Waals surface area contributed by atoms with E-state index < -0.39 is 11.1 Å². The number of ether oxygens (including phenoxy) is 1. The van der Waals surface area contributed by atoms with Gasteiger partial charge in [-0.2, -0.15) is 0 Å². The van der Waals surface area contributed by atoms with Crippen LogP contribution < -0.4 is 10.1 Å². The van der Waals surface area contributed by atoms with Crippen molar-refractivity contribution in [1.82, 2.24) is 5.32 Å². The molecule has 0 heterocycles. The first-order valence-corrected chi connectivity index (χ1v) is 9.04. The summed E-state index contributed by atoms with van der Waals surface area (Å²) < 4.78 is 39.9. The lowest BCUT2D eigenvalue weighted by Gasteiger charge is -2.25. The lowest BCUT2D eigenvalue weighted by atomic mass is 9.95. The molecule has 7 heteroatoms. The SMILES string of the molecule is O=C(NC1CCCCC1)C1(Sc2ccc(OC(F)(F)F)cc2)CC1. The highest BCUT2D eigenvalue weighted by Gasteiger charge is 2.51. The summed E-state index contributed by atoms with van der Waals surface area (Å²) >= 11 is 1.43. The molecule has 0 aliphatic heterocycles. The Hall–Kier alpha value is -1.37. The van der Waals surface area contributed by atoms with Gasteiger partial charge in [0.05, 0.1) is 4.75 Å². The van der Waals surface area contributed by atoms with Crippen LogP contribution in [-0.4, -0.2) is 23.1 Å². The Bertz CT molecular complexity index is 578. The molecule has 3 rings (SSSR count). The molecule has 132 valence electrons. The van der Waals surface area contributed by atoms with Gasteiger partial charge < -0.3 is 10.1 Å². The van der Waals surface area contributed by atoms with Gasteiger partial charge in [0.15, 0.2) is 0 Å². The lowest BCUT2D eigenvalue weighted by Crippen LogP contribution is -2.42. The molecule has 24 heavy (non-hydrogen) atoms. The van der Waals surface area contributed by atoms with E-state index in [0.717, 1.165) is 43.4 Å². The third-order valence-electron chi connectivity index (χ3n) is 4.43. The van der Waals surface area contributed by atoms with Crippen molar-refractivity contribution in [3.63, 3.8) is 0 Å². The Balaban J connectivity index is 1.57. The van der Waals surface area contributed by atoms with E-state index in [-0.39, 0.29) is 17.7 Å². The number of thioether (sulfide) groups is 1. The van der Waals surface area contributed by atoms with Crippen molar-refractivity contribution in [3.8, 4) is 5.75 Å². The van der Waals surface area contributed by atoms with Crippen LogP contribution >= 0.6 is 11.8 Å². The summed E-state index contributed by atoms with van der Waals surface area (Å²) in [5.41, 5.74) is 0. The van der Waals surface area contributed by atoms with Crippen LogP contribution in [0.2, 0.25) is 0 Å². The van der Waals surface area contributed by atoms with Gasteiger partial charge in [-0.25, -0.2) is 0 Å². The van der Waals surface area contributed by atoms with Crippen LogP contribution in [0.1, 0.15) is 44.9 Å². The number of carbonyl (C=O) groups excluding carboxylic acids is 1. The van der Waals surface area contributed by atoms with Crippen LogP contribution in [0.25, 0.3) is 0 Å². The Labute approximate surface area is 143 Å². The number of carbonyl (C=O) groups is 1. The fraction of sp³-hybridized carbons (Fsp3) is 0.588.